The highest BCUT2D eigenvalue weighted by Crippen LogP contribution is 2.35. The Hall–Kier alpha value is -0.580. The topological polar surface area (TPSA) is 44.5 Å². The average Bonchev–Trinajstić information content (AvgIpc) is 2.92. The molecule has 2 rings (SSSR count). The first-order chi connectivity index (χ1) is 9.63. The van der Waals surface area contributed by atoms with Gasteiger partial charge in [0.15, 0.2) is 0 Å². The first kappa shape index (κ1) is 18.5. The van der Waals surface area contributed by atoms with Crippen LogP contribution >= 0.6 is 24.2 Å². The van der Waals surface area contributed by atoms with Gasteiger partial charge in [-0.25, -0.2) is 0 Å². The van der Waals surface area contributed by atoms with E-state index in [-0.39, 0.29) is 18.4 Å². The first-order valence-corrected chi connectivity index (χ1v) is 8.30. The van der Waals surface area contributed by atoms with E-state index in [0.717, 1.165) is 29.9 Å². The van der Waals surface area contributed by atoms with Crippen molar-refractivity contribution in [1.82, 2.24) is 0 Å². The Morgan fingerprint density at radius 1 is 1.24 bits per heavy atom. The van der Waals surface area contributed by atoms with Crippen LogP contribution in [0.4, 0.5) is 0 Å². The van der Waals surface area contributed by atoms with E-state index < -0.39 is 0 Å². The maximum absolute atomic E-state index is 5.91. The average molecular weight is 332 g/mol. The van der Waals surface area contributed by atoms with E-state index in [0.29, 0.717) is 5.25 Å². The minimum atomic E-state index is 0. The molecule has 0 amide bonds. The van der Waals surface area contributed by atoms with Crippen molar-refractivity contribution in [3.05, 3.63) is 23.3 Å². The Morgan fingerprint density at radius 2 is 1.86 bits per heavy atom. The highest BCUT2D eigenvalue weighted by Gasteiger charge is 2.20. The molecule has 2 atom stereocenters. The lowest BCUT2D eigenvalue weighted by molar-refractivity contribution is 0.393. The summed E-state index contributed by atoms with van der Waals surface area (Å²) in [5.41, 5.74) is 8.28. The third-order valence-electron chi connectivity index (χ3n) is 3.70. The Bertz CT molecular complexity index is 448. The summed E-state index contributed by atoms with van der Waals surface area (Å²) in [4.78, 5) is 0. The van der Waals surface area contributed by atoms with Gasteiger partial charge in [-0.3, -0.25) is 0 Å². The summed E-state index contributed by atoms with van der Waals surface area (Å²) in [5, 5.41) is 0.716. The summed E-state index contributed by atoms with van der Waals surface area (Å²) in [7, 11) is 3.46. The molecule has 1 heterocycles. The Kier molecular flexibility index (Phi) is 7.71. The number of ether oxygens (including phenoxy) is 2. The maximum Gasteiger partial charge on any atom is 0.122 e. The molecule has 21 heavy (non-hydrogen) atoms. The zero-order valence-corrected chi connectivity index (χ0v) is 14.7. The smallest absolute Gasteiger partial charge is 0.122 e. The predicted octanol–water partition coefficient (Wildman–Crippen LogP) is 3.45. The fraction of sp³-hybridized carbons (Fsp3) is 0.625. The minimum Gasteiger partial charge on any atom is -0.496 e. The summed E-state index contributed by atoms with van der Waals surface area (Å²) in [6.07, 6.45) is 4.50. The van der Waals surface area contributed by atoms with Crippen LogP contribution in [0.15, 0.2) is 12.1 Å². The van der Waals surface area contributed by atoms with E-state index in [2.05, 4.69) is 23.9 Å². The molecule has 0 radical (unpaired) electrons. The summed E-state index contributed by atoms with van der Waals surface area (Å²) in [6.45, 7) is 2.01. The van der Waals surface area contributed by atoms with E-state index in [4.69, 9.17) is 15.2 Å². The molecule has 120 valence electrons. The van der Waals surface area contributed by atoms with E-state index >= 15 is 0 Å². The molecule has 5 heteroatoms. The number of hydrogen-bond donors (Lipinski definition) is 1. The zero-order chi connectivity index (χ0) is 14.5. The molecule has 0 saturated carbocycles. The van der Waals surface area contributed by atoms with Gasteiger partial charge in [0.25, 0.3) is 0 Å². The van der Waals surface area contributed by atoms with E-state index in [1.165, 1.54) is 24.2 Å². The van der Waals surface area contributed by atoms with E-state index in [1.807, 2.05) is 6.92 Å². The van der Waals surface area contributed by atoms with Crippen LogP contribution in [0.5, 0.6) is 11.5 Å². The van der Waals surface area contributed by atoms with Crippen LogP contribution in [0.25, 0.3) is 0 Å². The van der Waals surface area contributed by atoms with Gasteiger partial charge in [-0.2, -0.15) is 11.8 Å². The molecule has 0 aromatic heterocycles. The second-order valence-corrected chi connectivity index (χ2v) is 6.90. The van der Waals surface area contributed by atoms with Crippen molar-refractivity contribution in [2.75, 3.05) is 20.0 Å². The quantitative estimate of drug-likeness (QED) is 0.867. The van der Waals surface area contributed by atoms with Crippen molar-refractivity contribution in [1.29, 1.82) is 0 Å². The van der Waals surface area contributed by atoms with Crippen LogP contribution in [0, 0.1) is 0 Å². The van der Waals surface area contributed by atoms with Gasteiger partial charge in [0.2, 0.25) is 0 Å². The van der Waals surface area contributed by atoms with Gasteiger partial charge in [-0.1, -0.05) is 0 Å². The molecule has 1 saturated heterocycles. The molecule has 1 aromatic rings. The third kappa shape index (κ3) is 4.97. The van der Waals surface area contributed by atoms with Crippen LogP contribution in [0.1, 0.15) is 30.9 Å². The van der Waals surface area contributed by atoms with Crippen molar-refractivity contribution < 1.29 is 9.47 Å². The van der Waals surface area contributed by atoms with Gasteiger partial charge >= 0.3 is 0 Å². The van der Waals surface area contributed by atoms with Gasteiger partial charge in [0.05, 0.1) is 14.2 Å². The van der Waals surface area contributed by atoms with Crippen LogP contribution in [-0.4, -0.2) is 31.3 Å². The zero-order valence-electron chi connectivity index (χ0n) is 13.1. The molecular formula is C16H26ClNO2S. The lowest BCUT2D eigenvalue weighted by Gasteiger charge is -2.17. The lowest BCUT2D eigenvalue weighted by atomic mass is 9.99. The highest BCUT2D eigenvalue weighted by atomic mass is 35.5. The standard InChI is InChI=1S/C16H25NO2S.ClH/c1-11(17)7-12-9-16(19-3)13(10-15(12)18-2)8-14-5-4-6-20-14;/h9-11,14H,4-8,17H2,1-3H3;1H/t11-,14?;/m1./s1. The number of hydrogen-bond acceptors (Lipinski definition) is 4. The normalized spacial score (nSPS) is 19.0. The SMILES string of the molecule is COc1cc(C[C@@H](C)N)c(OC)cc1CC1CCCS1.Cl. The third-order valence-corrected chi connectivity index (χ3v) is 5.10. The van der Waals surface area contributed by atoms with Gasteiger partial charge in [0.1, 0.15) is 11.5 Å². The van der Waals surface area contributed by atoms with Crippen LogP contribution in [-0.2, 0) is 12.8 Å². The fourth-order valence-electron chi connectivity index (χ4n) is 2.74. The fourth-order valence-corrected chi connectivity index (χ4v) is 4.04. The lowest BCUT2D eigenvalue weighted by Crippen LogP contribution is -2.18. The van der Waals surface area contributed by atoms with Crippen molar-refractivity contribution in [3.63, 3.8) is 0 Å². The molecule has 1 unspecified atom stereocenters. The predicted molar refractivity (Wildman–Crippen MR) is 93.3 cm³/mol. The summed E-state index contributed by atoms with van der Waals surface area (Å²) in [5.74, 6) is 3.18. The van der Waals surface area contributed by atoms with Crippen molar-refractivity contribution in [2.24, 2.45) is 5.73 Å². The summed E-state index contributed by atoms with van der Waals surface area (Å²) in [6, 6.07) is 4.34. The Labute approximate surface area is 138 Å². The molecule has 1 aromatic carbocycles. The van der Waals surface area contributed by atoms with E-state index in [9.17, 15) is 0 Å². The molecule has 0 bridgehead atoms. The maximum atomic E-state index is 5.91. The molecule has 3 nitrogen and oxygen atoms in total. The number of methoxy groups -OCH3 is 2. The second kappa shape index (κ2) is 8.76. The largest absolute Gasteiger partial charge is 0.496 e. The number of thioether (sulfide) groups is 1. The molecule has 0 spiro atoms. The van der Waals surface area contributed by atoms with Gasteiger partial charge in [0, 0.05) is 11.3 Å². The van der Waals surface area contributed by atoms with Crippen LogP contribution in [0.3, 0.4) is 0 Å². The van der Waals surface area contributed by atoms with Gasteiger partial charge < -0.3 is 15.2 Å². The van der Waals surface area contributed by atoms with Crippen molar-refractivity contribution in [3.8, 4) is 11.5 Å². The van der Waals surface area contributed by atoms with Gasteiger partial charge in [-0.05, 0) is 61.6 Å². The molecule has 0 aliphatic carbocycles. The summed E-state index contributed by atoms with van der Waals surface area (Å²) >= 11 is 2.07. The van der Waals surface area contributed by atoms with Gasteiger partial charge in [-0.15, -0.1) is 12.4 Å². The van der Waals surface area contributed by atoms with Crippen LogP contribution < -0.4 is 15.2 Å². The number of nitrogens with two attached hydrogens (primary N) is 1. The Morgan fingerprint density at radius 3 is 2.38 bits per heavy atom. The number of benzene rings is 1. The minimum absolute atomic E-state index is 0. The molecule has 2 N–H and O–H groups in total. The molecular weight excluding hydrogens is 306 g/mol. The second-order valence-electron chi connectivity index (χ2n) is 5.50. The van der Waals surface area contributed by atoms with Crippen LogP contribution in [0.2, 0.25) is 0 Å². The molecule has 1 aliphatic rings. The molecule has 1 aliphatic heterocycles. The number of halogens is 1. The van der Waals surface area contributed by atoms with E-state index in [1.54, 1.807) is 14.2 Å². The summed E-state index contributed by atoms with van der Waals surface area (Å²) < 4.78 is 11.1. The monoisotopic (exact) mass is 331 g/mol. The number of rotatable bonds is 6. The van der Waals surface area contributed by atoms with Crippen molar-refractivity contribution in [2.45, 2.75) is 43.9 Å². The first-order valence-electron chi connectivity index (χ1n) is 7.25. The highest BCUT2D eigenvalue weighted by molar-refractivity contribution is 8.00. The Balaban J connectivity index is 0.00000220. The van der Waals surface area contributed by atoms with Crippen molar-refractivity contribution >= 4 is 24.2 Å². The molecule has 1 fully saturated rings.